The minimum Gasteiger partial charge on any atom is -0.497 e. The Balaban J connectivity index is 2.11. The largest absolute Gasteiger partial charge is 0.497 e. The zero-order valence-electron chi connectivity index (χ0n) is 11.2. The second kappa shape index (κ2) is 6.33. The summed E-state index contributed by atoms with van der Waals surface area (Å²) in [5.74, 6) is -0.978. The minimum atomic E-state index is -1.07. The van der Waals surface area contributed by atoms with Gasteiger partial charge in [-0.1, -0.05) is 32.1 Å². The van der Waals surface area contributed by atoms with E-state index < -0.39 is 17.7 Å². The molecule has 2 rings (SSSR count). The Hall–Kier alpha value is -1.16. The van der Waals surface area contributed by atoms with E-state index in [4.69, 9.17) is 4.74 Å². The lowest BCUT2D eigenvalue weighted by molar-refractivity contribution is 0.123. The molecule has 0 saturated heterocycles. The first kappa shape index (κ1) is 14.3. The van der Waals surface area contributed by atoms with Gasteiger partial charge in [-0.15, -0.1) is 0 Å². The summed E-state index contributed by atoms with van der Waals surface area (Å²) in [6.45, 7) is 0. The first-order chi connectivity index (χ1) is 9.11. The number of benzene rings is 1. The van der Waals surface area contributed by atoms with Crippen molar-refractivity contribution in [3.05, 3.63) is 29.3 Å². The summed E-state index contributed by atoms with van der Waals surface area (Å²) in [7, 11) is 1.35. The summed E-state index contributed by atoms with van der Waals surface area (Å²) >= 11 is 0. The molecule has 1 aromatic carbocycles. The van der Waals surface area contributed by atoms with Crippen molar-refractivity contribution in [1.82, 2.24) is 0 Å². The summed E-state index contributed by atoms with van der Waals surface area (Å²) in [4.78, 5) is 0. The summed E-state index contributed by atoms with van der Waals surface area (Å²) in [6.07, 6.45) is 4.94. The van der Waals surface area contributed by atoms with Crippen LogP contribution in [0, 0.1) is 17.6 Å². The minimum absolute atomic E-state index is 0.128. The van der Waals surface area contributed by atoms with Gasteiger partial charge >= 0.3 is 0 Å². The van der Waals surface area contributed by atoms with Crippen LogP contribution in [0.5, 0.6) is 5.75 Å². The van der Waals surface area contributed by atoms with E-state index >= 15 is 0 Å². The Bertz CT molecular complexity index is 405. The first-order valence-electron chi connectivity index (χ1n) is 6.82. The van der Waals surface area contributed by atoms with Gasteiger partial charge in [-0.2, -0.15) is 0 Å². The van der Waals surface area contributed by atoms with Crippen LogP contribution in [-0.4, -0.2) is 12.2 Å². The molecule has 1 aromatic rings. The standard InChI is InChI=1S/C15H20F2O2/c1-19-11-8-12(16)15(13(17)9-11)14(18)7-10-5-3-2-4-6-10/h8-10,14,18H,2-7H2,1H3. The molecule has 1 aliphatic carbocycles. The van der Waals surface area contributed by atoms with E-state index in [0.29, 0.717) is 12.3 Å². The maximum Gasteiger partial charge on any atom is 0.135 e. The maximum absolute atomic E-state index is 13.8. The van der Waals surface area contributed by atoms with Crippen LogP contribution in [0.3, 0.4) is 0 Å². The molecule has 0 heterocycles. The van der Waals surface area contributed by atoms with Gasteiger partial charge in [0, 0.05) is 12.1 Å². The van der Waals surface area contributed by atoms with Crippen molar-refractivity contribution in [1.29, 1.82) is 0 Å². The van der Waals surface area contributed by atoms with Gasteiger partial charge in [-0.05, 0) is 12.3 Å². The van der Waals surface area contributed by atoms with Gasteiger partial charge in [-0.25, -0.2) is 8.78 Å². The highest BCUT2D eigenvalue weighted by molar-refractivity contribution is 5.31. The van der Waals surface area contributed by atoms with Crippen LogP contribution >= 0.6 is 0 Å². The molecule has 1 atom stereocenters. The van der Waals surface area contributed by atoms with E-state index in [1.54, 1.807) is 0 Å². The second-order valence-electron chi connectivity index (χ2n) is 5.26. The van der Waals surface area contributed by atoms with Crippen LogP contribution in [0.2, 0.25) is 0 Å². The summed E-state index contributed by atoms with van der Waals surface area (Å²) < 4.78 is 32.4. The molecule has 0 aromatic heterocycles. The third-order valence-electron chi connectivity index (χ3n) is 3.90. The number of hydrogen-bond donors (Lipinski definition) is 1. The van der Waals surface area contributed by atoms with Crippen molar-refractivity contribution in [3.8, 4) is 5.75 Å². The topological polar surface area (TPSA) is 29.5 Å². The molecule has 0 radical (unpaired) electrons. The van der Waals surface area contributed by atoms with E-state index in [0.717, 1.165) is 37.8 Å². The quantitative estimate of drug-likeness (QED) is 0.896. The van der Waals surface area contributed by atoms with Gasteiger partial charge in [0.15, 0.2) is 0 Å². The Morgan fingerprint density at radius 1 is 1.21 bits per heavy atom. The number of aliphatic hydroxyl groups excluding tert-OH is 1. The lowest BCUT2D eigenvalue weighted by Gasteiger charge is -2.24. The first-order valence-corrected chi connectivity index (χ1v) is 6.82. The van der Waals surface area contributed by atoms with E-state index in [9.17, 15) is 13.9 Å². The smallest absolute Gasteiger partial charge is 0.135 e. The SMILES string of the molecule is COc1cc(F)c(C(O)CC2CCCCC2)c(F)c1. The van der Waals surface area contributed by atoms with Crippen LogP contribution in [-0.2, 0) is 0 Å². The second-order valence-corrected chi connectivity index (χ2v) is 5.26. The fourth-order valence-corrected chi connectivity index (χ4v) is 2.85. The summed E-state index contributed by atoms with van der Waals surface area (Å²) in [6, 6.07) is 2.23. The van der Waals surface area contributed by atoms with Gasteiger partial charge in [0.25, 0.3) is 0 Å². The van der Waals surface area contributed by atoms with Gasteiger partial charge in [0.05, 0.1) is 18.8 Å². The van der Waals surface area contributed by atoms with E-state index in [1.165, 1.54) is 13.5 Å². The normalized spacial score (nSPS) is 18.3. The third-order valence-corrected chi connectivity index (χ3v) is 3.90. The highest BCUT2D eigenvalue weighted by atomic mass is 19.1. The number of ether oxygens (including phenoxy) is 1. The van der Waals surface area contributed by atoms with Gasteiger partial charge in [0.2, 0.25) is 0 Å². The van der Waals surface area contributed by atoms with Crippen molar-refractivity contribution >= 4 is 0 Å². The molecule has 1 saturated carbocycles. The van der Waals surface area contributed by atoms with E-state index in [1.807, 2.05) is 0 Å². The van der Waals surface area contributed by atoms with Crippen molar-refractivity contribution in [2.45, 2.75) is 44.6 Å². The molecule has 1 unspecified atom stereocenters. The average molecular weight is 270 g/mol. The van der Waals surface area contributed by atoms with Gasteiger partial charge in [-0.3, -0.25) is 0 Å². The summed E-state index contributed by atoms with van der Waals surface area (Å²) in [5.41, 5.74) is -0.230. The van der Waals surface area contributed by atoms with E-state index in [2.05, 4.69) is 0 Å². The molecule has 1 aliphatic rings. The van der Waals surface area contributed by atoms with Crippen molar-refractivity contribution < 1.29 is 18.6 Å². The highest BCUT2D eigenvalue weighted by Crippen LogP contribution is 2.34. The number of halogens is 2. The zero-order chi connectivity index (χ0) is 13.8. The van der Waals surface area contributed by atoms with Crippen LogP contribution in [0.15, 0.2) is 12.1 Å². The van der Waals surface area contributed by atoms with Crippen molar-refractivity contribution in [3.63, 3.8) is 0 Å². The van der Waals surface area contributed by atoms with Crippen molar-refractivity contribution in [2.75, 3.05) is 7.11 Å². The molecule has 0 spiro atoms. The van der Waals surface area contributed by atoms with Crippen LogP contribution < -0.4 is 4.74 Å². The molecule has 1 N–H and O–H groups in total. The molecule has 0 amide bonds. The van der Waals surface area contributed by atoms with Gasteiger partial charge in [0.1, 0.15) is 17.4 Å². The lowest BCUT2D eigenvalue weighted by Crippen LogP contribution is -2.13. The molecule has 19 heavy (non-hydrogen) atoms. The molecule has 2 nitrogen and oxygen atoms in total. The predicted octanol–water partition coefficient (Wildman–Crippen LogP) is 3.98. The fourth-order valence-electron chi connectivity index (χ4n) is 2.85. The van der Waals surface area contributed by atoms with Gasteiger partial charge < -0.3 is 9.84 Å². The molecular formula is C15H20F2O2. The van der Waals surface area contributed by atoms with Crippen LogP contribution in [0.1, 0.15) is 50.2 Å². The maximum atomic E-state index is 13.8. The monoisotopic (exact) mass is 270 g/mol. The number of methoxy groups -OCH3 is 1. The molecule has 0 bridgehead atoms. The number of hydrogen-bond acceptors (Lipinski definition) is 2. The Morgan fingerprint density at radius 2 is 1.79 bits per heavy atom. The predicted molar refractivity (Wildman–Crippen MR) is 69.1 cm³/mol. The van der Waals surface area contributed by atoms with E-state index in [-0.39, 0.29) is 11.3 Å². The Kier molecular flexibility index (Phi) is 4.75. The number of rotatable bonds is 4. The third kappa shape index (κ3) is 3.44. The molecule has 0 aliphatic heterocycles. The molecular weight excluding hydrogens is 250 g/mol. The Morgan fingerprint density at radius 3 is 2.32 bits per heavy atom. The molecule has 106 valence electrons. The molecule has 4 heteroatoms. The Labute approximate surface area is 112 Å². The lowest BCUT2D eigenvalue weighted by atomic mass is 9.84. The fraction of sp³-hybridized carbons (Fsp3) is 0.600. The highest BCUT2D eigenvalue weighted by Gasteiger charge is 2.24. The van der Waals surface area contributed by atoms with Crippen LogP contribution in [0.4, 0.5) is 8.78 Å². The van der Waals surface area contributed by atoms with Crippen LogP contribution in [0.25, 0.3) is 0 Å². The van der Waals surface area contributed by atoms with Crippen molar-refractivity contribution in [2.24, 2.45) is 5.92 Å². The summed E-state index contributed by atoms with van der Waals surface area (Å²) in [5, 5.41) is 10.1. The zero-order valence-corrected chi connectivity index (χ0v) is 11.2. The average Bonchev–Trinajstić information content (AvgIpc) is 2.38. The number of aliphatic hydroxyl groups is 1. The molecule has 1 fully saturated rings.